The van der Waals surface area contributed by atoms with Crippen LogP contribution >= 0.6 is 0 Å². The van der Waals surface area contributed by atoms with Crippen molar-refractivity contribution in [2.45, 2.75) is 257 Å². The van der Waals surface area contributed by atoms with Crippen LogP contribution in [0.5, 0.6) is 23.0 Å². The maximum atomic E-state index is 15.5. The van der Waals surface area contributed by atoms with E-state index in [4.69, 9.17) is 23.7 Å². The number of piperidine rings is 2. The lowest BCUT2D eigenvalue weighted by atomic mass is 9.73. The minimum absolute atomic E-state index is 0.0314. The summed E-state index contributed by atoms with van der Waals surface area (Å²) in [7, 11) is 4.02. The van der Waals surface area contributed by atoms with Crippen LogP contribution in [0.3, 0.4) is 0 Å². The van der Waals surface area contributed by atoms with Crippen molar-refractivity contribution in [3.63, 3.8) is 0 Å². The van der Waals surface area contributed by atoms with Crippen LogP contribution < -0.4 is 14.2 Å². The molecule has 91 heavy (non-hydrogen) atoms. The predicted molar refractivity (Wildman–Crippen MR) is 364 cm³/mol. The Morgan fingerprint density at radius 1 is 0.571 bits per heavy atom. The van der Waals surface area contributed by atoms with Gasteiger partial charge in [0.2, 0.25) is 0 Å². The van der Waals surface area contributed by atoms with E-state index in [2.05, 4.69) is 123 Å². The Hall–Kier alpha value is -6.56. The van der Waals surface area contributed by atoms with E-state index in [0.717, 1.165) is 58.0 Å². The van der Waals surface area contributed by atoms with E-state index in [1.165, 1.54) is 56.9 Å². The summed E-state index contributed by atoms with van der Waals surface area (Å²) in [6, 6.07) is 27.8. The van der Waals surface area contributed by atoms with Gasteiger partial charge in [-0.3, -0.25) is 19.2 Å². The maximum absolute atomic E-state index is 15.5. The Kier molecular flexibility index (Phi) is 23.2. The van der Waals surface area contributed by atoms with Crippen LogP contribution in [0.15, 0.2) is 109 Å². The van der Waals surface area contributed by atoms with Crippen LogP contribution in [0.25, 0.3) is 11.1 Å². The third-order valence-corrected chi connectivity index (χ3v) is 20.8. The molecule has 2 aliphatic heterocycles. The molecule has 4 aromatic carbocycles. The van der Waals surface area contributed by atoms with E-state index in [9.17, 15) is 14.7 Å². The number of phenolic OH excluding ortho intramolecular Hbond substituents is 1. The van der Waals surface area contributed by atoms with Crippen molar-refractivity contribution in [2.75, 3.05) is 20.7 Å². The minimum Gasteiger partial charge on any atom is -0.507 e. The van der Waals surface area contributed by atoms with Gasteiger partial charge in [-0.25, -0.2) is 0 Å². The van der Waals surface area contributed by atoms with Crippen LogP contribution in [0.2, 0.25) is 0 Å². The highest BCUT2D eigenvalue weighted by Gasteiger charge is 2.52. The molecule has 4 aromatic rings. The van der Waals surface area contributed by atoms with Gasteiger partial charge in [0.25, 0.3) is 0 Å². The highest BCUT2D eigenvalue weighted by molar-refractivity contribution is 6.00. The van der Waals surface area contributed by atoms with Crippen LogP contribution in [0, 0.1) is 23.2 Å². The van der Waals surface area contributed by atoms with Gasteiger partial charge in [0.05, 0.1) is 18.4 Å². The summed E-state index contributed by atoms with van der Waals surface area (Å²) in [6.07, 6.45) is 16.8. The first kappa shape index (κ1) is 70.3. The van der Waals surface area contributed by atoms with Gasteiger partial charge in [0, 0.05) is 62.3 Å². The van der Waals surface area contributed by atoms with Crippen molar-refractivity contribution in [3.8, 4) is 34.1 Å². The molecular weight excluding hydrogens is 1140 g/mol. The Bertz CT molecular complexity index is 3040. The average molecular weight is 1250 g/mol. The number of hydrogen-bond acceptors (Lipinski definition) is 12. The summed E-state index contributed by atoms with van der Waals surface area (Å²) in [4.78, 5) is 61.9. The fourth-order valence-corrected chi connectivity index (χ4v) is 14.5. The SMILES string of the molecule is C=C1CC(OC(=O)C(CCCCCCOc2ccc(OC(=O)C3CCC(C(=O)Oc4ccc(-c5ccc(C6CCC(CCCCC)CC6)cc5)cc4)CC3)cc2)(Cc2cc(C(C)(C)C)c(O)c(C(C)(C)C)c2)C(=O)OC2CC(=C)N(C)C(C)(C)C2)CC(C)(C)N1C. The molecule has 0 aromatic heterocycles. The van der Waals surface area contributed by atoms with E-state index >= 15 is 9.59 Å². The quantitative estimate of drug-likeness (QED) is 0.0309. The molecule has 2 aliphatic carbocycles. The van der Waals surface area contributed by atoms with E-state index < -0.39 is 40.4 Å². The summed E-state index contributed by atoms with van der Waals surface area (Å²) in [5.41, 5.74) is 4.37. The summed E-state index contributed by atoms with van der Waals surface area (Å²) in [5, 5.41) is 11.8. The third kappa shape index (κ3) is 18.2. The highest BCUT2D eigenvalue weighted by atomic mass is 16.6. The second-order valence-electron chi connectivity index (χ2n) is 30.8. The molecule has 0 amide bonds. The number of ether oxygens (including phenoxy) is 5. The number of nitrogens with zero attached hydrogens (tertiary/aromatic N) is 2. The minimum atomic E-state index is -1.71. The van der Waals surface area contributed by atoms with Gasteiger partial charge in [0.1, 0.15) is 35.2 Å². The largest absolute Gasteiger partial charge is 0.507 e. The number of likely N-dealkylation sites (tertiary alicyclic amines) is 2. The number of carbonyl (C=O) groups excluding carboxylic acids is 4. The van der Waals surface area contributed by atoms with Crippen molar-refractivity contribution in [2.24, 2.45) is 23.2 Å². The van der Waals surface area contributed by atoms with Gasteiger partial charge in [-0.15, -0.1) is 0 Å². The Morgan fingerprint density at radius 2 is 1.01 bits per heavy atom. The monoisotopic (exact) mass is 1250 g/mol. The number of aromatic hydroxyl groups is 1. The Balaban J connectivity index is 0.831. The van der Waals surface area contributed by atoms with E-state index in [-0.39, 0.29) is 53.4 Å². The molecule has 12 heteroatoms. The number of rotatable bonds is 24. The predicted octanol–water partition coefficient (Wildman–Crippen LogP) is 18.2. The molecule has 2 saturated carbocycles. The second-order valence-corrected chi connectivity index (χ2v) is 30.8. The van der Waals surface area contributed by atoms with Crippen molar-refractivity contribution in [3.05, 3.63) is 132 Å². The second kappa shape index (κ2) is 30.0. The van der Waals surface area contributed by atoms with Crippen LogP contribution in [0.4, 0.5) is 0 Å². The number of hydrogen-bond donors (Lipinski definition) is 1. The molecule has 2 unspecified atom stereocenters. The van der Waals surface area contributed by atoms with Gasteiger partial charge in [0.15, 0.2) is 5.41 Å². The Labute approximate surface area is 546 Å². The van der Waals surface area contributed by atoms with Gasteiger partial charge in [-0.2, -0.15) is 0 Å². The van der Waals surface area contributed by atoms with Crippen molar-refractivity contribution >= 4 is 23.9 Å². The first-order chi connectivity index (χ1) is 43.0. The lowest BCUT2D eigenvalue weighted by molar-refractivity contribution is -0.183. The van der Waals surface area contributed by atoms with E-state index in [1.807, 2.05) is 50.5 Å². The number of unbranched alkanes of at least 4 members (excludes halogenated alkanes) is 5. The molecule has 4 fully saturated rings. The van der Waals surface area contributed by atoms with E-state index in [0.29, 0.717) is 94.0 Å². The zero-order valence-corrected chi connectivity index (χ0v) is 57.7. The number of benzene rings is 4. The Morgan fingerprint density at radius 3 is 1.46 bits per heavy atom. The van der Waals surface area contributed by atoms with Crippen LogP contribution in [-0.4, -0.2) is 82.8 Å². The first-order valence-electron chi connectivity index (χ1n) is 34.4. The number of carbonyl (C=O) groups is 4. The lowest BCUT2D eigenvalue weighted by Crippen LogP contribution is -2.52. The molecule has 0 spiro atoms. The molecule has 12 nitrogen and oxygen atoms in total. The molecule has 8 rings (SSSR count). The molecule has 2 saturated heterocycles. The molecule has 0 bridgehead atoms. The van der Waals surface area contributed by atoms with E-state index in [1.54, 1.807) is 24.3 Å². The fourth-order valence-electron chi connectivity index (χ4n) is 14.5. The molecule has 496 valence electrons. The fraction of sp³-hybridized carbons (Fsp3) is 0.595. The van der Waals surface area contributed by atoms with Crippen molar-refractivity contribution < 1.29 is 48.0 Å². The lowest BCUT2D eigenvalue weighted by Gasteiger charge is -2.47. The summed E-state index contributed by atoms with van der Waals surface area (Å²) in [5.74, 6) is 1.02. The maximum Gasteiger partial charge on any atom is 0.324 e. The summed E-state index contributed by atoms with van der Waals surface area (Å²) in [6.45, 7) is 32.1. The van der Waals surface area contributed by atoms with Crippen molar-refractivity contribution in [1.29, 1.82) is 0 Å². The zero-order valence-electron chi connectivity index (χ0n) is 57.7. The molecule has 0 radical (unpaired) electrons. The summed E-state index contributed by atoms with van der Waals surface area (Å²) >= 11 is 0. The molecule has 2 heterocycles. The molecule has 1 N–H and O–H groups in total. The highest BCUT2D eigenvalue weighted by Crippen LogP contribution is 2.46. The van der Waals surface area contributed by atoms with Gasteiger partial charge >= 0.3 is 23.9 Å². The molecule has 2 atom stereocenters. The first-order valence-corrected chi connectivity index (χ1v) is 34.4. The number of phenols is 1. The van der Waals surface area contributed by atoms with Crippen LogP contribution in [0.1, 0.15) is 239 Å². The van der Waals surface area contributed by atoms with Crippen molar-refractivity contribution in [1.82, 2.24) is 9.80 Å². The van der Waals surface area contributed by atoms with Gasteiger partial charge < -0.3 is 38.6 Å². The smallest absolute Gasteiger partial charge is 0.324 e. The van der Waals surface area contributed by atoms with Gasteiger partial charge in [-0.05, 0) is 191 Å². The summed E-state index contributed by atoms with van der Waals surface area (Å²) < 4.78 is 31.1. The topological polar surface area (TPSA) is 141 Å². The normalized spacial score (nSPS) is 22.6. The average Bonchev–Trinajstić information content (AvgIpc) is 0.777. The standard InChI is InChI=1S/C79H110N2O10/c1-16-17-20-23-55-24-26-57(27-25-55)58-28-30-59(31-29-58)60-36-38-64(39-37-60)88-71(83)61-32-34-62(35-33-61)72(84)89-65-42-40-63(41-43-65)87-45-22-19-18-21-44-79(73(85)90-66-46-53(2)80(14)77(10,11)51-66,74(86)91-67-47-54(3)81(15)78(12,13)52-67)50-56-48-68(75(4,5)6)70(82)69(49-56)76(7,8)9/h28-31,36-43,48-49,55,57,61-62,66-67,82H,2-3,16-27,32-35,44-47,50-52H2,1,4-15H3. The molecule has 4 aliphatic rings. The zero-order chi connectivity index (χ0) is 66.1. The number of esters is 4. The van der Waals surface area contributed by atoms with Gasteiger partial charge in [-0.1, -0.05) is 155 Å². The third-order valence-electron chi connectivity index (χ3n) is 20.8. The van der Waals surface area contributed by atoms with Crippen LogP contribution in [-0.2, 0) is 45.9 Å². The molecular formula is C79H110N2O10.